The number of rotatable bonds is 4. The molecule has 1 amide bonds. The smallest absolute Gasteiger partial charge is 0.258 e. The molecule has 0 spiro atoms. The van der Waals surface area contributed by atoms with Gasteiger partial charge in [-0.05, 0) is 51.2 Å². The zero-order chi connectivity index (χ0) is 23.4. The van der Waals surface area contributed by atoms with Crippen LogP contribution in [0.5, 0.6) is 0 Å². The van der Waals surface area contributed by atoms with Crippen LogP contribution in [0.25, 0.3) is 11.1 Å². The van der Waals surface area contributed by atoms with Crippen molar-refractivity contribution in [2.45, 2.75) is 64.0 Å². The average molecular weight is 462 g/mol. The lowest BCUT2D eigenvalue weighted by atomic mass is 9.94. The van der Waals surface area contributed by atoms with Gasteiger partial charge in [-0.1, -0.05) is 6.07 Å². The SMILES string of the molecule is Cc1oc2ncnc(N(C)C3(C)CC3)c2c1C(=O)N1CCc2nc(C3CCOCC3)ccc2C1. The van der Waals surface area contributed by atoms with Gasteiger partial charge in [0.2, 0.25) is 5.71 Å². The number of hydrogen-bond acceptors (Lipinski definition) is 7. The van der Waals surface area contributed by atoms with Crippen molar-refractivity contribution in [1.29, 1.82) is 0 Å². The van der Waals surface area contributed by atoms with Crippen molar-refractivity contribution < 1.29 is 13.9 Å². The van der Waals surface area contributed by atoms with Gasteiger partial charge in [-0.15, -0.1) is 0 Å². The fraction of sp³-hybridized carbons (Fsp3) is 0.538. The summed E-state index contributed by atoms with van der Waals surface area (Å²) in [5.41, 5.74) is 4.54. The van der Waals surface area contributed by atoms with Crippen LogP contribution in [0.2, 0.25) is 0 Å². The zero-order valence-corrected chi connectivity index (χ0v) is 20.1. The van der Waals surface area contributed by atoms with Crippen molar-refractivity contribution in [3.63, 3.8) is 0 Å². The minimum Gasteiger partial charge on any atom is -0.442 e. The van der Waals surface area contributed by atoms with E-state index >= 15 is 0 Å². The van der Waals surface area contributed by atoms with E-state index in [1.807, 2.05) is 18.9 Å². The Morgan fingerprint density at radius 3 is 2.76 bits per heavy atom. The Kier molecular flexibility index (Phi) is 5.09. The second-order valence-electron chi connectivity index (χ2n) is 10.2. The van der Waals surface area contributed by atoms with E-state index in [2.05, 4.69) is 33.9 Å². The van der Waals surface area contributed by atoms with E-state index in [0.29, 0.717) is 36.0 Å². The number of aromatic nitrogens is 3. The van der Waals surface area contributed by atoms with Crippen molar-refractivity contribution in [3.05, 3.63) is 46.7 Å². The topological polar surface area (TPSA) is 84.6 Å². The molecule has 2 fully saturated rings. The number of anilines is 1. The van der Waals surface area contributed by atoms with Gasteiger partial charge in [0.05, 0.1) is 10.9 Å². The minimum absolute atomic E-state index is 0.0270. The molecule has 8 heteroatoms. The van der Waals surface area contributed by atoms with E-state index in [9.17, 15) is 4.79 Å². The first-order valence-corrected chi connectivity index (χ1v) is 12.3. The highest BCUT2D eigenvalue weighted by atomic mass is 16.5. The number of hydrogen-bond donors (Lipinski definition) is 0. The lowest BCUT2D eigenvalue weighted by Crippen LogP contribution is -2.37. The summed E-state index contributed by atoms with van der Waals surface area (Å²) in [6, 6.07) is 4.29. The molecule has 3 aromatic rings. The molecule has 0 N–H and O–H groups in total. The summed E-state index contributed by atoms with van der Waals surface area (Å²) in [5, 5.41) is 0.722. The van der Waals surface area contributed by atoms with Gasteiger partial charge in [0.15, 0.2) is 0 Å². The average Bonchev–Trinajstić information content (AvgIpc) is 3.53. The highest BCUT2D eigenvalue weighted by Gasteiger charge is 2.43. The molecule has 3 aliphatic rings. The maximum absolute atomic E-state index is 13.8. The Hall–Kier alpha value is -3.00. The van der Waals surface area contributed by atoms with Gasteiger partial charge < -0.3 is 19.0 Å². The first kappa shape index (κ1) is 21.5. The monoisotopic (exact) mass is 461 g/mol. The molecule has 1 aliphatic carbocycles. The van der Waals surface area contributed by atoms with E-state index in [-0.39, 0.29) is 11.4 Å². The predicted molar refractivity (Wildman–Crippen MR) is 128 cm³/mol. The van der Waals surface area contributed by atoms with Crippen LogP contribution in [0.1, 0.15) is 71.6 Å². The lowest BCUT2D eigenvalue weighted by molar-refractivity contribution is 0.0732. The first-order chi connectivity index (χ1) is 16.4. The fourth-order valence-electron chi connectivity index (χ4n) is 5.30. The molecule has 5 heterocycles. The highest BCUT2D eigenvalue weighted by molar-refractivity contribution is 6.10. The third-order valence-corrected chi connectivity index (χ3v) is 7.96. The van der Waals surface area contributed by atoms with Gasteiger partial charge >= 0.3 is 0 Å². The van der Waals surface area contributed by atoms with Crippen LogP contribution in [0.4, 0.5) is 5.82 Å². The van der Waals surface area contributed by atoms with Crippen molar-refractivity contribution in [1.82, 2.24) is 19.9 Å². The molecule has 6 rings (SSSR count). The number of furan rings is 1. The third kappa shape index (κ3) is 3.55. The van der Waals surface area contributed by atoms with E-state index in [1.165, 1.54) is 6.33 Å². The number of aryl methyl sites for hydroxylation is 1. The summed E-state index contributed by atoms with van der Waals surface area (Å²) >= 11 is 0. The molecule has 8 nitrogen and oxygen atoms in total. The first-order valence-electron chi connectivity index (χ1n) is 12.3. The summed E-state index contributed by atoms with van der Waals surface area (Å²) in [7, 11) is 2.05. The summed E-state index contributed by atoms with van der Waals surface area (Å²) in [5.74, 6) is 1.81. The van der Waals surface area contributed by atoms with Crippen molar-refractivity contribution >= 4 is 22.8 Å². The van der Waals surface area contributed by atoms with Gasteiger partial charge in [0.1, 0.15) is 17.9 Å². The van der Waals surface area contributed by atoms with E-state index in [0.717, 1.165) is 73.5 Å². The molecule has 34 heavy (non-hydrogen) atoms. The Morgan fingerprint density at radius 1 is 1.21 bits per heavy atom. The number of carbonyl (C=O) groups excluding carboxylic acids is 1. The van der Waals surface area contributed by atoms with Crippen molar-refractivity contribution in [2.24, 2.45) is 0 Å². The van der Waals surface area contributed by atoms with E-state index < -0.39 is 0 Å². The summed E-state index contributed by atoms with van der Waals surface area (Å²) < 4.78 is 11.4. The summed E-state index contributed by atoms with van der Waals surface area (Å²) in [6.45, 7) is 6.87. The molecule has 178 valence electrons. The molecule has 0 unspecified atom stereocenters. The second kappa shape index (κ2) is 8.05. The van der Waals surface area contributed by atoms with Gasteiger partial charge in [0.25, 0.3) is 5.91 Å². The van der Waals surface area contributed by atoms with Crippen molar-refractivity contribution in [3.8, 4) is 0 Å². The minimum atomic E-state index is -0.0270. The lowest BCUT2D eigenvalue weighted by Gasteiger charge is -2.30. The van der Waals surface area contributed by atoms with Gasteiger partial charge in [-0.2, -0.15) is 0 Å². The zero-order valence-electron chi connectivity index (χ0n) is 20.1. The summed E-state index contributed by atoms with van der Waals surface area (Å²) in [4.78, 5) is 31.8. The third-order valence-electron chi connectivity index (χ3n) is 7.96. The number of nitrogens with zero attached hydrogens (tertiary/aromatic N) is 5. The summed E-state index contributed by atoms with van der Waals surface area (Å²) in [6.07, 6.45) is 6.56. The van der Waals surface area contributed by atoms with Crippen molar-refractivity contribution in [2.75, 3.05) is 31.7 Å². The number of carbonyl (C=O) groups is 1. The maximum Gasteiger partial charge on any atom is 0.258 e. The second-order valence-corrected chi connectivity index (χ2v) is 10.2. The van der Waals surface area contributed by atoms with Gasteiger partial charge in [0, 0.05) is 62.6 Å². The highest BCUT2D eigenvalue weighted by Crippen LogP contribution is 2.44. The normalized spacial score (nSPS) is 19.8. The Bertz CT molecular complexity index is 1260. The molecule has 1 saturated heterocycles. The van der Waals surface area contributed by atoms with Crippen LogP contribution in [0.15, 0.2) is 22.9 Å². The molecule has 0 bridgehead atoms. The largest absolute Gasteiger partial charge is 0.442 e. The van der Waals surface area contributed by atoms with Crippen LogP contribution in [-0.2, 0) is 17.7 Å². The molecular formula is C26H31N5O3. The molecular weight excluding hydrogens is 430 g/mol. The predicted octanol–water partition coefficient (Wildman–Crippen LogP) is 4.01. The van der Waals surface area contributed by atoms with Crippen LogP contribution in [0.3, 0.4) is 0 Å². The van der Waals surface area contributed by atoms with E-state index in [4.69, 9.17) is 14.1 Å². The molecule has 1 saturated carbocycles. The molecule has 3 aromatic heterocycles. The van der Waals surface area contributed by atoms with Crippen LogP contribution in [0, 0.1) is 6.92 Å². The number of amides is 1. The van der Waals surface area contributed by atoms with Crippen LogP contribution in [-0.4, -0.2) is 58.1 Å². The number of fused-ring (bicyclic) bond motifs is 2. The Morgan fingerprint density at radius 2 is 2.00 bits per heavy atom. The van der Waals surface area contributed by atoms with E-state index in [1.54, 1.807) is 0 Å². The number of pyridine rings is 1. The van der Waals surface area contributed by atoms with Gasteiger partial charge in [-0.25, -0.2) is 9.97 Å². The fourth-order valence-corrected chi connectivity index (χ4v) is 5.30. The maximum atomic E-state index is 13.8. The van der Waals surface area contributed by atoms with Crippen LogP contribution < -0.4 is 4.90 Å². The quantitative estimate of drug-likeness (QED) is 0.580. The molecule has 2 aliphatic heterocycles. The molecule has 0 radical (unpaired) electrons. The Labute approximate surface area is 199 Å². The van der Waals surface area contributed by atoms with Gasteiger partial charge in [-0.3, -0.25) is 9.78 Å². The number of ether oxygens (including phenoxy) is 1. The molecule has 0 atom stereocenters. The standard InChI is InChI=1S/C26H31N5O3/c1-16-21(22-23(27-15-28-24(22)34-16)30(3)26(2)9-10-26)25(32)31-11-6-20-18(14-31)4-5-19(29-20)17-7-12-33-13-8-17/h4-5,15,17H,6-14H2,1-3H3. The van der Waals surface area contributed by atoms with Crippen LogP contribution >= 0.6 is 0 Å². The molecule has 0 aromatic carbocycles. The Balaban J connectivity index is 1.30.